The van der Waals surface area contributed by atoms with Crippen molar-refractivity contribution in [3.05, 3.63) is 23.8 Å². The van der Waals surface area contributed by atoms with Crippen molar-refractivity contribution in [3.8, 4) is 0 Å². The van der Waals surface area contributed by atoms with E-state index in [0.29, 0.717) is 18.1 Å². The predicted molar refractivity (Wildman–Crippen MR) is 57.4 cm³/mol. The standard InChI is InChI=1S/C10H16N4O/c1-7-12-5-4-8(13-7)9(15)14-10(2,3)6-11/h4-5H,6,11H2,1-3H3,(H,14,15). The van der Waals surface area contributed by atoms with Crippen molar-refractivity contribution in [1.29, 1.82) is 0 Å². The molecular formula is C10H16N4O. The Morgan fingerprint density at radius 1 is 1.60 bits per heavy atom. The first-order valence-corrected chi connectivity index (χ1v) is 4.77. The molecule has 0 fully saturated rings. The normalized spacial score (nSPS) is 11.2. The quantitative estimate of drug-likeness (QED) is 0.746. The molecule has 0 bridgehead atoms. The van der Waals surface area contributed by atoms with Gasteiger partial charge >= 0.3 is 0 Å². The zero-order valence-corrected chi connectivity index (χ0v) is 9.24. The van der Waals surface area contributed by atoms with Crippen LogP contribution in [-0.4, -0.2) is 28.0 Å². The van der Waals surface area contributed by atoms with E-state index in [4.69, 9.17) is 5.73 Å². The van der Waals surface area contributed by atoms with E-state index in [-0.39, 0.29) is 5.91 Å². The van der Waals surface area contributed by atoms with E-state index in [1.807, 2.05) is 13.8 Å². The first-order valence-electron chi connectivity index (χ1n) is 4.77. The van der Waals surface area contributed by atoms with Gasteiger partial charge in [-0.15, -0.1) is 0 Å². The number of rotatable bonds is 3. The summed E-state index contributed by atoms with van der Waals surface area (Å²) in [5, 5.41) is 2.80. The first kappa shape index (κ1) is 11.6. The molecule has 1 aromatic heterocycles. The Labute approximate surface area is 89.1 Å². The molecule has 0 saturated heterocycles. The van der Waals surface area contributed by atoms with Crippen LogP contribution in [0.4, 0.5) is 0 Å². The zero-order valence-electron chi connectivity index (χ0n) is 9.24. The number of hydrogen-bond acceptors (Lipinski definition) is 4. The highest BCUT2D eigenvalue weighted by Crippen LogP contribution is 2.02. The molecule has 3 N–H and O–H groups in total. The molecule has 5 nitrogen and oxygen atoms in total. The second-order valence-electron chi connectivity index (χ2n) is 4.03. The van der Waals surface area contributed by atoms with Crippen molar-refractivity contribution < 1.29 is 4.79 Å². The van der Waals surface area contributed by atoms with Crippen LogP contribution in [0.5, 0.6) is 0 Å². The number of aryl methyl sites for hydroxylation is 1. The number of amides is 1. The lowest BCUT2D eigenvalue weighted by Gasteiger charge is -2.23. The van der Waals surface area contributed by atoms with E-state index < -0.39 is 5.54 Å². The second-order valence-corrected chi connectivity index (χ2v) is 4.03. The molecule has 5 heteroatoms. The van der Waals surface area contributed by atoms with Gasteiger partial charge in [-0.1, -0.05) is 0 Å². The number of nitrogens with one attached hydrogen (secondary N) is 1. The van der Waals surface area contributed by atoms with Gasteiger partial charge in [-0.25, -0.2) is 9.97 Å². The van der Waals surface area contributed by atoms with E-state index >= 15 is 0 Å². The molecule has 0 aliphatic carbocycles. The molecule has 0 aromatic carbocycles. The highest BCUT2D eigenvalue weighted by atomic mass is 16.2. The number of carbonyl (C=O) groups is 1. The zero-order chi connectivity index (χ0) is 11.5. The van der Waals surface area contributed by atoms with Crippen LogP contribution in [0.1, 0.15) is 30.2 Å². The molecular weight excluding hydrogens is 192 g/mol. The number of hydrogen-bond donors (Lipinski definition) is 2. The Morgan fingerprint density at radius 2 is 2.27 bits per heavy atom. The van der Waals surface area contributed by atoms with Crippen LogP contribution in [0.3, 0.4) is 0 Å². The minimum absolute atomic E-state index is 0.226. The average Bonchev–Trinajstić information content (AvgIpc) is 2.17. The maximum atomic E-state index is 11.7. The molecule has 0 aliphatic heterocycles. The highest BCUT2D eigenvalue weighted by molar-refractivity contribution is 5.92. The number of carbonyl (C=O) groups excluding carboxylic acids is 1. The molecule has 82 valence electrons. The molecule has 1 heterocycles. The fraction of sp³-hybridized carbons (Fsp3) is 0.500. The Bertz CT molecular complexity index is 362. The summed E-state index contributed by atoms with van der Waals surface area (Å²) in [4.78, 5) is 19.7. The van der Waals surface area contributed by atoms with Crippen molar-refractivity contribution >= 4 is 5.91 Å². The molecule has 0 saturated carbocycles. The molecule has 0 radical (unpaired) electrons. The van der Waals surface area contributed by atoms with Crippen molar-refractivity contribution in [2.24, 2.45) is 5.73 Å². The fourth-order valence-corrected chi connectivity index (χ4v) is 1.01. The van der Waals surface area contributed by atoms with Gasteiger partial charge in [-0.05, 0) is 26.8 Å². The summed E-state index contributed by atoms with van der Waals surface area (Å²) in [6.45, 7) is 5.84. The van der Waals surface area contributed by atoms with E-state index in [0.717, 1.165) is 0 Å². The van der Waals surface area contributed by atoms with Crippen LogP contribution < -0.4 is 11.1 Å². The molecule has 0 spiro atoms. The van der Waals surface area contributed by atoms with Crippen LogP contribution in [-0.2, 0) is 0 Å². The lowest BCUT2D eigenvalue weighted by atomic mass is 10.1. The summed E-state index contributed by atoms with van der Waals surface area (Å²) in [6.07, 6.45) is 1.56. The topological polar surface area (TPSA) is 80.9 Å². The van der Waals surface area contributed by atoms with Gasteiger partial charge in [0.25, 0.3) is 5.91 Å². The minimum atomic E-state index is -0.421. The Morgan fingerprint density at radius 3 is 2.80 bits per heavy atom. The average molecular weight is 208 g/mol. The third kappa shape index (κ3) is 3.28. The van der Waals surface area contributed by atoms with E-state index in [1.54, 1.807) is 19.2 Å². The van der Waals surface area contributed by atoms with Gasteiger partial charge in [0.2, 0.25) is 0 Å². The number of nitrogens with zero attached hydrogens (tertiary/aromatic N) is 2. The Kier molecular flexibility index (Phi) is 3.36. The van der Waals surface area contributed by atoms with Crippen LogP contribution in [0.2, 0.25) is 0 Å². The molecule has 0 unspecified atom stereocenters. The number of aromatic nitrogens is 2. The second kappa shape index (κ2) is 4.35. The van der Waals surface area contributed by atoms with E-state index in [1.165, 1.54) is 0 Å². The predicted octanol–water partition coefficient (Wildman–Crippen LogP) is 0.252. The SMILES string of the molecule is Cc1nccc(C(=O)NC(C)(C)CN)n1. The maximum absolute atomic E-state index is 11.7. The Balaban J connectivity index is 2.78. The summed E-state index contributed by atoms with van der Waals surface area (Å²) in [5.41, 5.74) is 5.46. The largest absolute Gasteiger partial charge is 0.345 e. The van der Waals surface area contributed by atoms with Gasteiger partial charge in [0, 0.05) is 18.3 Å². The summed E-state index contributed by atoms with van der Waals surface area (Å²) >= 11 is 0. The fourth-order valence-electron chi connectivity index (χ4n) is 1.01. The smallest absolute Gasteiger partial charge is 0.270 e. The van der Waals surface area contributed by atoms with Crippen molar-refractivity contribution in [2.45, 2.75) is 26.3 Å². The lowest BCUT2D eigenvalue weighted by Crippen LogP contribution is -2.49. The first-order chi connectivity index (χ1) is 6.94. The molecule has 1 amide bonds. The summed E-state index contributed by atoms with van der Waals surface area (Å²) < 4.78 is 0. The van der Waals surface area contributed by atoms with Crippen LogP contribution in [0, 0.1) is 6.92 Å². The van der Waals surface area contributed by atoms with Crippen LogP contribution in [0.25, 0.3) is 0 Å². The summed E-state index contributed by atoms with van der Waals surface area (Å²) in [5.74, 6) is 0.351. The third-order valence-corrected chi connectivity index (χ3v) is 1.97. The maximum Gasteiger partial charge on any atom is 0.270 e. The van der Waals surface area contributed by atoms with E-state index in [2.05, 4.69) is 15.3 Å². The minimum Gasteiger partial charge on any atom is -0.345 e. The van der Waals surface area contributed by atoms with Crippen LogP contribution in [0.15, 0.2) is 12.3 Å². The molecule has 15 heavy (non-hydrogen) atoms. The Hall–Kier alpha value is -1.49. The van der Waals surface area contributed by atoms with Gasteiger partial charge in [0.15, 0.2) is 0 Å². The molecule has 0 aliphatic rings. The monoisotopic (exact) mass is 208 g/mol. The summed E-state index contributed by atoms with van der Waals surface area (Å²) in [6, 6.07) is 1.58. The summed E-state index contributed by atoms with van der Waals surface area (Å²) in [7, 11) is 0. The van der Waals surface area contributed by atoms with Crippen molar-refractivity contribution in [3.63, 3.8) is 0 Å². The highest BCUT2D eigenvalue weighted by Gasteiger charge is 2.19. The van der Waals surface area contributed by atoms with Gasteiger partial charge in [0.05, 0.1) is 0 Å². The molecule has 0 atom stereocenters. The molecule has 1 aromatic rings. The van der Waals surface area contributed by atoms with Gasteiger partial charge in [0.1, 0.15) is 11.5 Å². The van der Waals surface area contributed by atoms with Gasteiger partial charge in [-0.3, -0.25) is 4.79 Å². The van der Waals surface area contributed by atoms with E-state index in [9.17, 15) is 4.79 Å². The van der Waals surface area contributed by atoms with Gasteiger partial charge in [-0.2, -0.15) is 0 Å². The van der Waals surface area contributed by atoms with Crippen LogP contribution >= 0.6 is 0 Å². The third-order valence-electron chi connectivity index (χ3n) is 1.97. The van der Waals surface area contributed by atoms with Gasteiger partial charge < -0.3 is 11.1 Å². The van der Waals surface area contributed by atoms with Crippen molar-refractivity contribution in [1.82, 2.24) is 15.3 Å². The number of nitrogens with two attached hydrogens (primary N) is 1. The lowest BCUT2D eigenvalue weighted by molar-refractivity contribution is 0.0910. The van der Waals surface area contributed by atoms with Crippen molar-refractivity contribution in [2.75, 3.05) is 6.54 Å². The molecule has 1 rings (SSSR count).